The molecule has 7 nitrogen and oxygen atoms in total. The summed E-state index contributed by atoms with van der Waals surface area (Å²) in [6.07, 6.45) is 1.78. The molecule has 28 heavy (non-hydrogen) atoms. The molecule has 0 unspecified atom stereocenters. The fraction of sp³-hybridized carbons (Fsp3) is 0.429. The second-order valence-corrected chi connectivity index (χ2v) is 7.58. The average molecular weight is 385 g/mol. The van der Waals surface area contributed by atoms with E-state index in [1.54, 1.807) is 30.3 Å². The number of anilines is 1. The molecule has 7 heteroatoms. The third kappa shape index (κ3) is 6.04. The molecule has 1 amide bonds. The fourth-order valence-corrected chi connectivity index (χ4v) is 2.38. The van der Waals surface area contributed by atoms with Gasteiger partial charge in [0.25, 0.3) is 5.56 Å². The lowest BCUT2D eigenvalue weighted by Gasteiger charge is -2.18. The van der Waals surface area contributed by atoms with E-state index >= 15 is 0 Å². The van der Waals surface area contributed by atoms with E-state index in [-0.39, 0.29) is 29.4 Å². The summed E-state index contributed by atoms with van der Waals surface area (Å²) in [4.78, 5) is 36.2. The van der Waals surface area contributed by atoms with Crippen LogP contribution in [-0.4, -0.2) is 28.3 Å². The Bertz CT molecular complexity index is 880. The van der Waals surface area contributed by atoms with Crippen molar-refractivity contribution in [2.45, 2.75) is 52.5 Å². The lowest BCUT2D eigenvalue weighted by molar-refractivity contribution is -0.117. The number of carbonyl (C=O) groups is 2. The molecule has 0 atom stereocenters. The molecule has 2 aromatic rings. The smallest absolute Gasteiger partial charge is 0.338 e. The Morgan fingerprint density at radius 3 is 2.39 bits per heavy atom. The van der Waals surface area contributed by atoms with E-state index in [0.29, 0.717) is 17.9 Å². The molecule has 1 aromatic heterocycles. The number of benzene rings is 1. The minimum absolute atomic E-state index is 0.191. The summed E-state index contributed by atoms with van der Waals surface area (Å²) < 4.78 is 6.30. The van der Waals surface area contributed by atoms with Gasteiger partial charge in [-0.05, 0) is 36.8 Å². The number of amides is 1. The Kier molecular flexibility index (Phi) is 7.09. The van der Waals surface area contributed by atoms with Crippen LogP contribution < -0.4 is 10.9 Å². The van der Waals surface area contributed by atoms with Gasteiger partial charge in [-0.15, -0.1) is 0 Å². The summed E-state index contributed by atoms with van der Waals surface area (Å²) >= 11 is 0. The van der Waals surface area contributed by atoms with Gasteiger partial charge in [-0.2, -0.15) is 5.10 Å². The van der Waals surface area contributed by atoms with Crippen molar-refractivity contribution in [1.29, 1.82) is 0 Å². The second kappa shape index (κ2) is 9.30. The standard InChI is InChI=1S/C21H27N3O4/c1-5-6-13-28-20(27)15-7-9-16(10-8-15)22-18(25)14-24-19(26)12-11-17(23-24)21(2,3)4/h7-12H,5-6,13-14H2,1-4H3,(H,22,25). The van der Waals surface area contributed by atoms with Crippen LogP contribution in [0.4, 0.5) is 5.69 Å². The van der Waals surface area contributed by atoms with Crippen molar-refractivity contribution in [2.75, 3.05) is 11.9 Å². The zero-order valence-corrected chi connectivity index (χ0v) is 16.8. The first-order valence-electron chi connectivity index (χ1n) is 9.36. The summed E-state index contributed by atoms with van der Waals surface area (Å²) in [6.45, 7) is 8.18. The number of esters is 1. The van der Waals surface area contributed by atoms with Crippen molar-refractivity contribution in [3.05, 3.63) is 58.0 Å². The molecule has 0 aliphatic carbocycles. The molecule has 0 saturated carbocycles. The van der Waals surface area contributed by atoms with Gasteiger partial charge in [0.05, 0.1) is 17.9 Å². The van der Waals surface area contributed by atoms with Crippen molar-refractivity contribution in [3.63, 3.8) is 0 Å². The predicted molar refractivity (Wildman–Crippen MR) is 107 cm³/mol. The Morgan fingerprint density at radius 2 is 1.79 bits per heavy atom. The van der Waals surface area contributed by atoms with Crippen molar-refractivity contribution < 1.29 is 14.3 Å². The summed E-state index contributed by atoms with van der Waals surface area (Å²) in [5.74, 6) is -0.764. The van der Waals surface area contributed by atoms with Crippen molar-refractivity contribution in [3.8, 4) is 0 Å². The van der Waals surface area contributed by atoms with Crippen LogP contribution in [0.1, 0.15) is 56.6 Å². The zero-order chi connectivity index (χ0) is 20.7. The Hall–Kier alpha value is -2.96. The number of carbonyl (C=O) groups excluding carboxylic acids is 2. The lowest BCUT2D eigenvalue weighted by Crippen LogP contribution is -2.31. The van der Waals surface area contributed by atoms with E-state index in [9.17, 15) is 14.4 Å². The first-order chi connectivity index (χ1) is 13.2. The number of ether oxygens (including phenoxy) is 1. The van der Waals surface area contributed by atoms with Crippen LogP contribution >= 0.6 is 0 Å². The Balaban J connectivity index is 2.00. The highest BCUT2D eigenvalue weighted by molar-refractivity contribution is 5.92. The van der Waals surface area contributed by atoms with Crippen LogP contribution in [0, 0.1) is 0 Å². The zero-order valence-electron chi connectivity index (χ0n) is 16.8. The quantitative estimate of drug-likeness (QED) is 0.584. The van der Waals surface area contributed by atoms with Crippen LogP contribution in [0.2, 0.25) is 0 Å². The minimum atomic E-state index is -0.388. The van der Waals surface area contributed by atoms with Gasteiger partial charge in [0.1, 0.15) is 6.54 Å². The number of unbranched alkanes of at least 4 members (excludes halogenated alkanes) is 1. The van der Waals surface area contributed by atoms with Crippen LogP contribution in [0.3, 0.4) is 0 Å². The highest BCUT2D eigenvalue weighted by atomic mass is 16.5. The van der Waals surface area contributed by atoms with Crippen LogP contribution in [0.25, 0.3) is 0 Å². The van der Waals surface area contributed by atoms with E-state index in [0.717, 1.165) is 23.2 Å². The number of aromatic nitrogens is 2. The summed E-state index contributed by atoms with van der Waals surface area (Å²) in [7, 11) is 0. The first kappa shape index (κ1) is 21.3. The molecule has 1 aromatic carbocycles. The van der Waals surface area contributed by atoms with E-state index in [1.807, 2.05) is 27.7 Å². The molecule has 0 saturated heterocycles. The van der Waals surface area contributed by atoms with Gasteiger partial charge >= 0.3 is 5.97 Å². The summed E-state index contributed by atoms with van der Waals surface area (Å²) in [6, 6.07) is 9.52. The maximum Gasteiger partial charge on any atom is 0.338 e. The van der Waals surface area contributed by atoms with E-state index in [1.165, 1.54) is 6.07 Å². The SMILES string of the molecule is CCCCOC(=O)c1ccc(NC(=O)Cn2nc(C(C)(C)C)ccc2=O)cc1. The molecule has 0 spiro atoms. The molecule has 0 fully saturated rings. The van der Waals surface area contributed by atoms with E-state index in [4.69, 9.17) is 4.74 Å². The van der Waals surface area contributed by atoms with Crippen LogP contribution in [-0.2, 0) is 21.5 Å². The van der Waals surface area contributed by atoms with Gasteiger partial charge in [0.2, 0.25) is 5.91 Å². The van der Waals surface area contributed by atoms with Crippen LogP contribution in [0.5, 0.6) is 0 Å². The Labute approximate surface area is 164 Å². The molecule has 1 heterocycles. The molecule has 0 radical (unpaired) electrons. The van der Waals surface area contributed by atoms with E-state index in [2.05, 4.69) is 10.4 Å². The monoisotopic (exact) mass is 385 g/mol. The summed E-state index contributed by atoms with van der Waals surface area (Å²) in [5.41, 5.74) is 1.10. The molecular weight excluding hydrogens is 358 g/mol. The lowest BCUT2D eigenvalue weighted by atomic mass is 9.92. The highest BCUT2D eigenvalue weighted by Crippen LogP contribution is 2.18. The van der Waals surface area contributed by atoms with Gasteiger partial charge < -0.3 is 10.1 Å². The van der Waals surface area contributed by atoms with Crippen LogP contribution in [0.15, 0.2) is 41.2 Å². The molecule has 2 rings (SSSR count). The third-order valence-corrected chi connectivity index (χ3v) is 4.06. The average Bonchev–Trinajstić information content (AvgIpc) is 2.63. The number of hydrogen-bond donors (Lipinski definition) is 1. The number of hydrogen-bond acceptors (Lipinski definition) is 5. The van der Waals surface area contributed by atoms with Crippen molar-refractivity contribution >= 4 is 17.6 Å². The number of nitrogens with one attached hydrogen (secondary N) is 1. The van der Waals surface area contributed by atoms with Gasteiger partial charge in [-0.3, -0.25) is 9.59 Å². The highest BCUT2D eigenvalue weighted by Gasteiger charge is 2.17. The first-order valence-corrected chi connectivity index (χ1v) is 9.36. The molecule has 150 valence electrons. The number of rotatable bonds is 7. The summed E-state index contributed by atoms with van der Waals surface area (Å²) in [5, 5.41) is 6.98. The normalized spacial score (nSPS) is 11.1. The predicted octanol–water partition coefficient (Wildman–Crippen LogP) is 3.14. The topological polar surface area (TPSA) is 90.3 Å². The maximum absolute atomic E-state index is 12.3. The minimum Gasteiger partial charge on any atom is -0.462 e. The molecule has 0 aliphatic heterocycles. The largest absolute Gasteiger partial charge is 0.462 e. The fourth-order valence-electron chi connectivity index (χ4n) is 2.38. The van der Waals surface area contributed by atoms with Gasteiger partial charge in [-0.1, -0.05) is 34.1 Å². The van der Waals surface area contributed by atoms with Crippen molar-refractivity contribution in [2.24, 2.45) is 0 Å². The van der Waals surface area contributed by atoms with Gasteiger partial charge in [-0.25, -0.2) is 9.48 Å². The van der Waals surface area contributed by atoms with E-state index < -0.39 is 0 Å². The second-order valence-electron chi connectivity index (χ2n) is 7.58. The third-order valence-electron chi connectivity index (χ3n) is 4.06. The maximum atomic E-state index is 12.3. The molecular formula is C21H27N3O4. The molecule has 0 aliphatic rings. The number of nitrogens with zero attached hydrogens (tertiary/aromatic N) is 2. The van der Waals surface area contributed by atoms with Crippen molar-refractivity contribution in [1.82, 2.24) is 9.78 Å². The van der Waals surface area contributed by atoms with Gasteiger partial charge in [0.15, 0.2) is 0 Å². The van der Waals surface area contributed by atoms with Gasteiger partial charge in [0, 0.05) is 17.2 Å². The molecule has 1 N–H and O–H groups in total. The Morgan fingerprint density at radius 1 is 1.11 bits per heavy atom. The molecule has 0 bridgehead atoms.